The lowest BCUT2D eigenvalue weighted by Crippen LogP contribution is -2.17. The third-order valence-corrected chi connectivity index (χ3v) is 4.17. The number of hydrogen-bond donors (Lipinski definition) is 1. The zero-order valence-corrected chi connectivity index (χ0v) is 12.1. The molecule has 92 valence electrons. The highest BCUT2D eigenvalue weighted by atomic mass is 79.9. The molecule has 2 aromatic rings. The fraction of sp³-hybridized carbons (Fsp3) is 0.231. The largest absolute Gasteiger partial charge is 0.312 e. The number of hydrogen-bond acceptors (Lipinski definition) is 4. The molecule has 0 saturated carbocycles. The second-order valence-corrected chi connectivity index (χ2v) is 6.30. The van der Waals surface area contributed by atoms with Crippen LogP contribution in [0.1, 0.15) is 16.1 Å². The summed E-state index contributed by atoms with van der Waals surface area (Å²) < 4.78 is 1.16. The second-order valence-electron chi connectivity index (χ2n) is 3.76. The van der Waals surface area contributed by atoms with E-state index in [1.807, 2.05) is 12.1 Å². The van der Waals surface area contributed by atoms with Crippen molar-refractivity contribution in [3.05, 3.63) is 50.4 Å². The number of aromatic nitrogens is 1. The summed E-state index contributed by atoms with van der Waals surface area (Å²) in [5, 5.41) is 12.2. The Labute approximate surface area is 119 Å². The van der Waals surface area contributed by atoms with Crippen LogP contribution in [0.15, 0.2) is 34.2 Å². The normalized spacial score (nSPS) is 10.2. The minimum Gasteiger partial charge on any atom is -0.312 e. The van der Waals surface area contributed by atoms with Crippen LogP contribution < -0.4 is 5.32 Å². The third kappa shape index (κ3) is 3.64. The van der Waals surface area contributed by atoms with Crippen LogP contribution in [0.3, 0.4) is 0 Å². The van der Waals surface area contributed by atoms with Crippen molar-refractivity contribution in [3.63, 3.8) is 0 Å². The first-order chi connectivity index (χ1) is 8.79. The van der Waals surface area contributed by atoms with Gasteiger partial charge in [-0.05, 0) is 40.5 Å². The second kappa shape index (κ2) is 6.64. The first kappa shape index (κ1) is 13.2. The van der Waals surface area contributed by atoms with Crippen molar-refractivity contribution in [1.82, 2.24) is 10.3 Å². The zero-order chi connectivity index (χ0) is 12.8. The Morgan fingerprint density at radius 3 is 3.00 bits per heavy atom. The molecule has 0 amide bonds. The van der Waals surface area contributed by atoms with E-state index in [4.69, 9.17) is 5.26 Å². The van der Waals surface area contributed by atoms with E-state index in [-0.39, 0.29) is 0 Å². The van der Waals surface area contributed by atoms with E-state index in [9.17, 15) is 0 Å². The first-order valence-corrected chi connectivity index (χ1v) is 7.19. The number of nitrogens with one attached hydrogen (secondary N) is 1. The number of nitriles is 1. The Balaban J connectivity index is 1.80. The van der Waals surface area contributed by atoms with Crippen molar-refractivity contribution < 1.29 is 0 Å². The number of halogens is 1. The van der Waals surface area contributed by atoms with E-state index in [1.165, 1.54) is 4.88 Å². The molecule has 0 bridgehead atoms. The van der Waals surface area contributed by atoms with Gasteiger partial charge in [0, 0.05) is 29.7 Å². The summed E-state index contributed by atoms with van der Waals surface area (Å²) in [5.41, 5.74) is 1.45. The molecule has 0 radical (unpaired) electrons. The quantitative estimate of drug-likeness (QED) is 0.861. The third-order valence-electron chi connectivity index (χ3n) is 2.49. The molecule has 0 atom stereocenters. The minimum absolute atomic E-state index is 0.504. The lowest BCUT2D eigenvalue weighted by molar-refractivity contribution is 0.687. The number of rotatable bonds is 5. The van der Waals surface area contributed by atoms with Crippen molar-refractivity contribution >= 4 is 27.3 Å². The Kier molecular flexibility index (Phi) is 4.88. The molecule has 0 aromatic carbocycles. The molecule has 2 aromatic heterocycles. The molecule has 5 heteroatoms. The van der Waals surface area contributed by atoms with E-state index in [0.717, 1.165) is 22.3 Å². The van der Waals surface area contributed by atoms with Crippen LogP contribution in [-0.2, 0) is 13.0 Å². The van der Waals surface area contributed by atoms with E-state index in [2.05, 4.69) is 44.4 Å². The molecule has 0 saturated heterocycles. The lowest BCUT2D eigenvalue weighted by Gasteiger charge is -2.04. The summed E-state index contributed by atoms with van der Waals surface area (Å²) in [6.45, 7) is 1.58. The van der Waals surface area contributed by atoms with E-state index in [1.54, 1.807) is 17.5 Å². The van der Waals surface area contributed by atoms with Crippen LogP contribution in [0, 0.1) is 11.3 Å². The molecule has 18 heavy (non-hydrogen) atoms. The summed E-state index contributed by atoms with van der Waals surface area (Å²) in [5.74, 6) is 0. The van der Waals surface area contributed by atoms with E-state index in [0.29, 0.717) is 12.2 Å². The fourth-order valence-electron chi connectivity index (χ4n) is 1.60. The van der Waals surface area contributed by atoms with Crippen molar-refractivity contribution in [1.29, 1.82) is 5.26 Å². The molecule has 0 aliphatic heterocycles. The minimum atomic E-state index is 0.504. The van der Waals surface area contributed by atoms with E-state index < -0.39 is 0 Å². The summed E-state index contributed by atoms with van der Waals surface area (Å²) >= 11 is 5.20. The summed E-state index contributed by atoms with van der Waals surface area (Å²) in [7, 11) is 0. The molecule has 2 heterocycles. The summed E-state index contributed by atoms with van der Waals surface area (Å²) in [6.07, 6.45) is 2.64. The predicted molar refractivity (Wildman–Crippen MR) is 76.4 cm³/mol. The van der Waals surface area contributed by atoms with Crippen LogP contribution in [0.5, 0.6) is 0 Å². The lowest BCUT2D eigenvalue weighted by atomic mass is 10.2. The fourth-order valence-corrected chi connectivity index (χ4v) is 3.09. The van der Waals surface area contributed by atoms with Crippen molar-refractivity contribution in [2.24, 2.45) is 0 Å². The van der Waals surface area contributed by atoms with Gasteiger partial charge in [-0.2, -0.15) is 5.26 Å². The van der Waals surface area contributed by atoms with Gasteiger partial charge >= 0.3 is 0 Å². The van der Waals surface area contributed by atoms with Gasteiger partial charge in [-0.3, -0.25) is 0 Å². The summed E-state index contributed by atoms with van der Waals surface area (Å²) in [4.78, 5) is 5.38. The van der Waals surface area contributed by atoms with Crippen LogP contribution in [0.25, 0.3) is 0 Å². The number of pyridine rings is 1. The molecule has 0 aliphatic rings. The maximum absolute atomic E-state index is 8.91. The first-order valence-electron chi connectivity index (χ1n) is 5.58. The van der Waals surface area contributed by atoms with Crippen LogP contribution in [-0.4, -0.2) is 11.5 Å². The maximum atomic E-state index is 8.91. The molecule has 3 nitrogen and oxygen atoms in total. The molecule has 0 fully saturated rings. The highest BCUT2D eigenvalue weighted by molar-refractivity contribution is 9.11. The molecular weight excluding hydrogens is 310 g/mol. The predicted octanol–water partition coefficient (Wildman–Crippen LogP) is 3.11. The Morgan fingerprint density at radius 1 is 1.39 bits per heavy atom. The number of thiophene rings is 1. The average Bonchev–Trinajstić information content (AvgIpc) is 2.81. The van der Waals surface area contributed by atoms with Crippen molar-refractivity contribution in [2.45, 2.75) is 13.0 Å². The zero-order valence-electron chi connectivity index (χ0n) is 9.69. The number of nitrogens with zero attached hydrogens (tertiary/aromatic N) is 2. The van der Waals surface area contributed by atoms with Crippen molar-refractivity contribution in [2.75, 3.05) is 6.54 Å². The average molecular weight is 322 g/mol. The molecule has 0 spiro atoms. The van der Waals surface area contributed by atoms with Gasteiger partial charge in [-0.1, -0.05) is 6.07 Å². The molecule has 2 rings (SSSR count). The van der Waals surface area contributed by atoms with Crippen molar-refractivity contribution in [3.8, 4) is 6.07 Å². The molecule has 1 N–H and O–H groups in total. The summed E-state index contributed by atoms with van der Waals surface area (Å²) in [6, 6.07) is 10.1. The standard InChI is InChI=1S/C13H12BrN3S/c14-13-4-3-11(18-13)5-7-16-9-10-2-1-6-17-12(10)8-15/h1-4,6,16H,5,7,9H2. The van der Waals surface area contributed by atoms with Gasteiger partial charge < -0.3 is 5.32 Å². The topological polar surface area (TPSA) is 48.7 Å². The monoisotopic (exact) mass is 321 g/mol. The van der Waals surface area contributed by atoms with Crippen LogP contribution in [0.4, 0.5) is 0 Å². The SMILES string of the molecule is N#Cc1ncccc1CNCCc1ccc(Br)s1. The van der Waals surface area contributed by atoms with Gasteiger partial charge in [0.05, 0.1) is 3.79 Å². The van der Waals surface area contributed by atoms with Gasteiger partial charge in [0.15, 0.2) is 0 Å². The van der Waals surface area contributed by atoms with Gasteiger partial charge in [-0.25, -0.2) is 4.98 Å². The smallest absolute Gasteiger partial charge is 0.144 e. The van der Waals surface area contributed by atoms with Crippen LogP contribution >= 0.6 is 27.3 Å². The Hall–Kier alpha value is -1.22. The van der Waals surface area contributed by atoms with Gasteiger partial charge in [-0.15, -0.1) is 11.3 Å². The van der Waals surface area contributed by atoms with Gasteiger partial charge in [0.1, 0.15) is 11.8 Å². The van der Waals surface area contributed by atoms with Gasteiger partial charge in [0.25, 0.3) is 0 Å². The Morgan fingerprint density at radius 2 is 2.28 bits per heavy atom. The van der Waals surface area contributed by atoms with Gasteiger partial charge in [0.2, 0.25) is 0 Å². The molecule has 0 unspecified atom stereocenters. The highest BCUT2D eigenvalue weighted by Crippen LogP contribution is 2.22. The Bertz CT molecular complexity index is 559. The maximum Gasteiger partial charge on any atom is 0.144 e. The molecular formula is C13H12BrN3S. The van der Waals surface area contributed by atoms with Crippen LogP contribution in [0.2, 0.25) is 0 Å². The van der Waals surface area contributed by atoms with E-state index >= 15 is 0 Å². The molecule has 0 aliphatic carbocycles. The highest BCUT2D eigenvalue weighted by Gasteiger charge is 2.02.